The summed E-state index contributed by atoms with van der Waals surface area (Å²) in [6.45, 7) is 9.41. The van der Waals surface area contributed by atoms with Gasteiger partial charge in [0.15, 0.2) is 0 Å². The Labute approximate surface area is 93.2 Å². The molecule has 0 spiro atoms. The average Bonchev–Trinajstić information content (AvgIpc) is 2.13. The number of likely N-dealkylation sites (N-methyl/N-ethyl adjacent to an activating group) is 1. The van der Waals surface area contributed by atoms with Crippen LogP contribution in [0.3, 0.4) is 0 Å². The number of nitrogens with zero attached hydrogens (tertiary/aromatic N) is 1. The van der Waals surface area contributed by atoms with Gasteiger partial charge in [-0.05, 0) is 34.7 Å². The number of nitrogens with two attached hydrogens (primary N) is 1. The van der Waals surface area contributed by atoms with Gasteiger partial charge in [-0.25, -0.2) is 0 Å². The summed E-state index contributed by atoms with van der Waals surface area (Å²) in [6, 6.07) is 0.213. The first-order valence-electron chi connectivity index (χ1n) is 5.50. The maximum atomic E-state index is 11.4. The third kappa shape index (κ3) is 5.74. The summed E-state index contributed by atoms with van der Waals surface area (Å²) in [5.41, 5.74) is 5.61. The van der Waals surface area contributed by atoms with Gasteiger partial charge in [0.1, 0.15) is 0 Å². The Morgan fingerprint density at radius 1 is 1.47 bits per heavy atom. The van der Waals surface area contributed by atoms with Crippen molar-refractivity contribution in [2.24, 2.45) is 5.73 Å². The molecule has 90 valence electrons. The quantitative estimate of drug-likeness (QED) is 0.681. The molecule has 4 nitrogen and oxygen atoms in total. The van der Waals surface area contributed by atoms with Crippen LogP contribution in [-0.2, 0) is 4.79 Å². The Morgan fingerprint density at radius 2 is 2.00 bits per heavy atom. The van der Waals surface area contributed by atoms with E-state index in [0.29, 0.717) is 13.0 Å². The van der Waals surface area contributed by atoms with E-state index in [2.05, 4.69) is 24.1 Å². The molecule has 0 aliphatic heterocycles. The Kier molecular flexibility index (Phi) is 5.83. The smallest absolute Gasteiger partial charge is 0.221 e. The summed E-state index contributed by atoms with van der Waals surface area (Å²) < 4.78 is 0. The minimum Gasteiger partial charge on any atom is -0.354 e. The zero-order valence-corrected chi connectivity index (χ0v) is 10.6. The van der Waals surface area contributed by atoms with Gasteiger partial charge in [-0.2, -0.15) is 0 Å². The van der Waals surface area contributed by atoms with Gasteiger partial charge in [0.25, 0.3) is 0 Å². The van der Waals surface area contributed by atoms with Crippen molar-refractivity contribution in [3.63, 3.8) is 0 Å². The van der Waals surface area contributed by atoms with Crippen LogP contribution in [0.25, 0.3) is 0 Å². The van der Waals surface area contributed by atoms with E-state index >= 15 is 0 Å². The molecule has 3 N–H and O–H groups in total. The SMILES string of the molecule is CC(C)NC(=O)CCN(C)C(C)(C)CN. The fraction of sp³-hybridized carbons (Fsp3) is 0.909. The molecule has 0 heterocycles. The molecule has 0 aromatic heterocycles. The van der Waals surface area contributed by atoms with Crippen molar-refractivity contribution in [1.82, 2.24) is 10.2 Å². The predicted octanol–water partition coefficient (Wildman–Crippen LogP) is 0.570. The van der Waals surface area contributed by atoms with Crippen molar-refractivity contribution < 1.29 is 4.79 Å². The van der Waals surface area contributed by atoms with Crippen LogP contribution in [0.1, 0.15) is 34.1 Å². The van der Waals surface area contributed by atoms with Crippen molar-refractivity contribution in [2.45, 2.75) is 45.7 Å². The second-order valence-corrected chi connectivity index (χ2v) is 4.91. The molecule has 0 unspecified atom stereocenters. The summed E-state index contributed by atoms with van der Waals surface area (Å²) in [6.07, 6.45) is 0.526. The summed E-state index contributed by atoms with van der Waals surface area (Å²) in [4.78, 5) is 13.5. The number of rotatable bonds is 6. The molecule has 1 amide bonds. The standard InChI is InChI=1S/C11H25N3O/c1-9(2)13-10(15)6-7-14(5)11(3,4)8-12/h9H,6-8,12H2,1-5H3,(H,13,15). The van der Waals surface area contributed by atoms with Gasteiger partial charge in [-0.1, -0.05) is 0 Å². The van der Waals surface area contributed by atoms with Crippen LogP contribution < -0.4 is 11.1 Å². The van der Waals surface area contributed by atoms with Gasteiger partial charge in [0, 0.05) is 31.1 Å². The van der Waals surface area contributed by atoms with Crippen molar-refractivity contribution in [1.29, 1.82) is 0 Å². The molecule has 0 radical (unpaired) electrons. The van der Waals surface area contributed by atoms with E-state index in [1.54, 1.807) is 0 Å². The highest BCUT2D eigenvalue weighted by Crippen LogP contribution is 2.09. The van der Waals surface area contributed by atoms with E-state index in [1.807, 2.05) is 20.9 Å². The van der Waals surface area contributed by atoms with Crippen LogP contribution in [-0.4, -0.2) is 42.5 Å². The van der Waals surface area contributed by atoms with Gasteiger partial charge in [0.2, 0.25) is 5.91 Å². The molecule has 0 saturated carbocycles. The lowest BCUT2D eigenvalue weighted by Gasteiger charge is -2.34. The highest BCUT2D eigenvalue weighted by atomic mass is 16.1. The number of nitrogens with one attached hydrogen (secondary N) is 1. The van der Waals surface area contributed by atoms with Crippen LogP contribution in [0.4, 0.5) is 0 Å². The van der Waals surface area contributed by atoms with Crippen molar-refractivity contribution >= 4 is 5.91 Å². The van der Waals surface area contributed by atoms with Crippen LogP contribution in [0, 0.1) is 0 Å². The lowest BCUT2D eigenvalue weighted by atomic mass is 10.0. The van der Waals surface area contributed by atoms with E-state index in [1.165, 1.54) is 0 Å². The first-order valence-corrected chi connectivity index (χ1v) is 5.50. The topological polar surface area (TPSA) is 58.4 Å². The Hall–Kier alpha value is -0.610. The van der Waals surface area contributed by atoms with Crippen molar-refractivity contribution in [3.05, 3.63) is 0 Å². The van der Waals surface area contributed by atoms with Gasteiger partial charge < -0.3 is 11.1 Å². The Balaban J connectivity index is 3.90. The highest BCUT2D eigenvalue weighted by Gasteiger charge is 2.21. The molecule has 15 heavy (non-hydrogen) atoms. The summed E-state index contributed by atoms with van der Waals surface area (Å²) in [5, 5.41) is 2.87. The first-order chi connectivity index (χ1) is 6.79. The largest absolute Gasteiger partial charge is 0.354 e. The molecule has 0 aliphatic rings. The molecule has 0 bridgehead atoms. The minimum atomic E-state index is -0.0435. The third-order valence-electron chi connectivity index (χ3n) is 2.66. The highest BCUT2D eigenvalue weighted by molar-refractivity contribution is 5.76. The molecule has 0 rings (SSSR count). The maximum absolute atomic E-state index is 11.4. The summed E-state index contributed by atoms with van der Waals surface area (Å²) >= 11 is 0. The average molecular weight is 215 g/mol. The van der Waals surface area contributed by atoms with Crippen LogP contribution in [0.15, 0.2) is 0 Å². The first kappa shape index (κ1) is 14.4. The normalized spacial score (nSPS) is 12.3. The van der Waals surface area contributed by atoms with Crippen molar-refractivity contribution in [3.8, 4) is 0 Å². The molecule has 0 saturated heterocycles. The summed E-state index contributed by atoms with van der Waals surface area (Å²) in [7, 11) is 2.00. The number of carbonyl (C=O) groups excluding carboxylic acids is 1. The molecule has 0 fully saturated rings. The van der Waals surface area contributed by atoms with Crippen LogP contribution in [0.5, 0.6) is 0 Å². The monoisotopic (exact) mass is 215 g/mol. The lowest BCUT2D eigenvalue weighted by Crippen LogP contribution is -2.48. The Morgan fingerprint density at radius 3 is 2.40 bits per heavy atom. The fourth-order valence-corrected chi connectivity index (χ4v) is 1.12. The zero-order chi connectivity index (χ0) is 12.1. The Bertz CT molecular complexity index is 202. The fourth-order valence-electron chi connectivity index (χ4n) is 1.12. The molecular weight excluding hydrogens is 190 g/mol. The molecule has 0 aromatic carbocycles. The molecule has 0 atom stereocenters. The van der Waals surface area contributed by atoms with E-state index in [-0.39, 0.29) is 17.5 Å². The minimum absolute atomic E-state index is 0.0435. The predicted molar refractivity (Wildman–Crippen MR) is 63.7 cm³/mol. The summed E-state index contributed by atoms with van der Waals surface area (Å²) in [5.74, 6) is 0.102. The van der Waals surface area contributed by atoms with E-state index < -0.39 is 0 Å². The second kappa shape index (κ2) is 6.08. The molecule has 0 aromatic rings. The molecule has 4 heteroatoms. The van der Waals surface area contributed by atoms with Crippen LogP contribution >= 0.6 is 0 Å². The number of amides is 1. The molecule has 0 aliphatic carbocycles. The third-order valence-corrected chi connectivity index (χ3v) is 2.66. The lowest BCUT2D eigenvalue weighted by molar-refractivity contribution is -0.122. The number of hydrogen-bond donors (Lipinski definition) is 2. The van der Waals surface area contributed by atoms with E-state index in [9.17, 15) is 4.79 Å². The van der Waals surface area contributed by atoms with Crippen molar-refractivity contribution in [2.75, 3.05) is 20.1 Å². The van der Waals surface area contributed by atoms with Gasteiger partial charge >= 0.3 is 0 Å². The van der Waals surface area contributed by atoms with Gasteiger partial charge in [-0.3, -0.25) is 9.69 Å². The number of hydrogen-bond acceptors (Lipinski definition) is 3. The molecular formula is C11H25N3O. The maximum Gasteiger partial charge on any atom is 0.221 e. The zero-order valence-electron chi connectivity index (χ0n) is 10.6. The van der Waals surface area contributed by atoms with Crippen LogP contribution in [0.2, 0.25) is 0 Å². The van der Waals surface area contributed by atoms with Gasteiger partial charge in [0.05, 0.1) is 0 Å². The van der Waals surface area contributed by atoms with E-state index in [4.69, 9.17) is 5.73 Å². The van der Waals surface area contributed by atoms with E-state index in [0.717, 1.165) is 6.54 Å². The van der Waals surface area contributed by atoms with Gasteiger partial charge in [-0.15, -0.1) is 0 Å². The second-order valence-electron chi connectivity index (χ2n) is 4.91. The number of carbonyl (C=O) groups is 1.